The number of nitrogens with one attached hydrogen (secondary N) is 2. The van der Waals surface area contributed by atoms with Crippen molar-refractivity contribution in [3.05, 3.63) is 52.5 Å². The molecule has 0 bridgehead atoms. The standard InChI is InChI=1S/C22H33N5O2S.HI/c1-5-24-20(26-15-19-9-13-30-17-19)25-11-7-12-27(21(28)29-22(2,3)4)16-18-8-6-10-23-14-18;/h6,8-10,13-14,17H,5,7,11-12,15-16H2,1-4H3,(H2,24,25,26);1H. The number of carbonyl (C=O) groups excluding carboxylic acids is 1. The van der Waals surface area contributed by atoms with Gasteiger partial charge < -0.3 is 20.3 Å². The molecular formula is C22H34IN5O2S. The molecule has 9 heteroatoms. The highest BCUT2D eigenvalue weighted by Crippen LogP contribution is 2.13. The van der Waals surface area contributed by atoms with E-state index in [1.165, 1.54) is 5.56 Å². The van der Waals surface area contributed by atoms with Gasteiger partial charge in [0.1, 0.15) is 5.60 Å². The van der Waals surface area contributed by atoms with Crippen LogP contribution in [-0.2, 0) is 17.8 Å². The van der Waals surface area contributed by atoms with Gasteiger partial charge in [0.05, 0.1) is 13.1 Å². The van der Waals surface area contributed by atoms with Crippen molar-refractivity contribution in [3.63, 3.8) is 0 Å². The van der Waals surface area contributed by atoms with E-state index in [2.05, 4.69) is 37.4 Å². The smallest absolute Gasteiger partial charge is 0.410 e. The second-order valence-electron chi connectivity index (χ2n) is 7.87. The van der Waals surface area contributed by atoms with Gasteiger partial charge in [0.2, 0.25) is 0 Å². The van der Waals surface area contributed by atoms with Crippen LogP contribution in [0.15, 0.2) is 46.3 Å². The fourth-order valence-corrected chi connectivity index (χ4v) is 3.30. The molecule has 31 heavy (non-hydrogen) atoms. The van der Waals surface area contributed by atoms with Crippen LogP contribution in [-0.4, -0.2) is 47.2 Å². The Morgan fingerprint density at radius 2 is 2.06 bits per heavy atom. The minimum absolute atomic E-state index is 0. The first-order chi connectivity index (χ1) is 14.4. The average Bonchev–Trinajstić information content (AvgIpc) is 3.21. The summed E-state index contributed by atoms with van der Waals surface area (Å²) in [6.07, 6.45) is 3.95. The number of nitrogens with zero attached hydrogens (tertiary/aromatic N) is 3. The van der Waals surface area contributed by atoms with Gasteiger partial charge >= 0.3 is 6.09 Å². The number of carbonyl (C=O) groups is 1. The third kappa shape index (κ3) is 11.3. The van der Waals surface area contributed by atoms with E-state index in [1.807, 2.05) is 39.8 Å². The number of aromatic nitrogens is 1. The van der Waals surface area contributed by atoms with Gasteiger partial charge in [0.25, 0.3) is 0 Å². The van der Waals surface area contributed by atoms with E-state index >= 15 is 0 Å². The Labute approximate surface area is 206 Å². The molecule has 0 radical (unpaired) electrons. The number of halogens is 1. The molecular weight excluding hydrogens is 525 g/mol. The maximum Gasteiger partial charge on any atom is 0.410 e. The largest absolute Gasteiger partial charge is 0.444 e. The van der Waals surface area contributed by atoms with Gasteiger partial charge in [-0.2, -0.15) is 11.3 Å². The monoisotopic (exact) mass is 559 g/mol. The maximum atomic E-state index is 12.7. The van der Waals surface area contributed by atoms with Crippen molar-refractivity contribution in [2.75, 3.05) is 19.6 Å². The molecule has 0 saturated carbocycles. The lowest BCUT2D eigenvalue weighted by atomic mass is 10.2. The van der Waals surface area contributed by atoms with E-state index in [9.17, 15) is 4.79 Å². The molecule has 1 amide bonds. The second-order valence-corrected chi connectivity index (χ2v) is 8.65. The zero-order valence-corrected chi connectivity index (χ0v) is 21.9. The van der Waals surface area contributed by atoms with E-state index < -0.39 is 5.60 Å². The van der Waals surface area contributed by atoms with Crippen LogP contribution in [0, 0.1) is 0 Å². The molecule has 0 aromatic carbocycles. The number of guanidine groups is 1. The summed E-state index contributed by atoms with van der Waals surface area (Å²) in [6, 6.07) is 5.91. The predicted octanol–water partition coefficient (Wildman–Crippen LogP) is 4.64. The van der Waals surface area contributed by atoms with Crippen LogP contribution in [0.4, 0.5) is 4.79 Å². The van der Waals surface area contributed by atoms with Crippen LogP contribution in [0.25, 0.3) is 0 Å². The van der Waals surface area contributed by atoms with Gasteiger partial charge in [0.15, 0.2) is 5.96 Å². The van der Waals surface area contributed by atoms with Crippen LogP contribution in [0.1, 0.15) is 45.2 Å². The zero-order valence-electron chi connectivity index (χ0n) is 18.8. The summed E-state index contributed by atoms with van der Waals surface area (Å²) in [5.41, 5.74) is 1.64. The van der Waals surface area contributed by atoms with E-state index in [0.717, 1.165) is 24.5 Å². The molecule has 0 aliphatic heterocycles. The summed E-state index contributed by atoms with van der Waals surface area (Å²) < 4.78 is 5.58. The van der Waals surface area contributed by atoms with Crippen molar-refractivity contribution in [1.82, 2.24) is 20.5 Å². The first kappa shape index (κ1) is 27.2. The minimum atomic E-state index is -0.533. The van der Waals surface area contributed by atoms with Gasteiger partial charge in [-0.25, -0.2) is 9.79 Å². The molecule has 0 atom stereocenters. The van der Waals surface area contributed by atoms with Crippen LogP contribution < -0.4 is 10.6 Å². The second kappa shape index (κ2) is 14.2. The molecule has 0 aliphatic rings. The number of hydrogen-bond donors (Lipinski definition) is 2. The van der Waals surface area contributed by atoms with Crippen LogP contribution in [0.2, 0.25) is 0 Å². The molecule has 2 heterocycles. The van der Waals surface area contributed by atoms with E-state index in [1.54, 1.807) is 28.6 Å². The normalized spacial score (nSPS) is 11.4. The lowest BCUT2D eigenvalue weighted by Gasteiger charge is -2.27. The van der Waals surface area contributed by atoms with Gasteiger partial charge in [-0.3, -0.25) is 4.98 Å². The summed E-state index contributed by atoms with van der Waals surface area (Å²) in [6.45, 7) is 10.8. The molecule has 0 saturated heterocycles. The van der Waals surface area contributed by atoms with Crippen molar-refractivity contribution in [3.8, 4) is 0 Å². The fourth-order valence-electron chi connectivity index (χ4n) is 2.64. The molecule has 0 aliphatic carbocycles. The van der Waals surface area contributed by atoms with Crippen molar-refractivity contribution < 1.29 is 9.53 Å². The number of hydrogen-bond acceptors (Lipinski definition) is 5. The van der Waals surface area contributed by atoms with Crippen LogP contribution in [0.3, 0.4) is 0 Å². The topological polar surface area (TPSA) is 78.9 Å². The lowest BCUT2D eigenvalue weighted by Crippen LogP contribution is -2.40. The van der Waals surface area contributed by atoms with Gasteiger partial charge in [-0.15, -0.1) is 24.0 Å². The van der Waals surface area contributed by atoms with E-state index in [4.69, 9.17) is 4.74 Å². The number of thiophene rings is 1. The molecule has 2 rings (SSSR count). The van der Waals surface area contributed by atoms with Crippen molar-refractivity contribution in [1.29, 1.82) is 0 Å². The number of amides is 1. The molecule has 0 spiro atoms. The molecule has 7 nitrogen and oxygen atoms in total. The van der Waals surface area contributed by atoms with Gasteiger partial charge in [0, 0.05) is 32.0 Å². The highest BCUT2D eigenvalue weighted by Gasteiger charge is 2.22. The third-order valence-corrected chi connectivity index (χ3v) is 4.72. The Morgan fingerprint density at radius 1 is 1.26 bits per heavy atom. The lowest BCUT2D eigenvalue weighted by molar-refractivity contribution is 0.0232. The Balaban J connectivity index is 0.00000480. The highest BCUT2D eigenvalue weighted by molar-refractivity contribution is 14.0. The summed E-state index contributed by atoms with van der Waals surface area (Å²) in [4.78, 5) is 23.1. The molecule has 2 N–H and O–H groups in total. The van der Waals surface area contributed by atoms with Crippen molar-refractivity contribution in [2.24, 2.45) is 4.99 Å². The predicted molar refractivity (Wildman–Crippen MR) is 138 cm³/mol. The first-order valence-electron chi connectivity index (χ1n) is 10.3. The minimum Gasteiger partial charge on any atom is -0.444 e. The molecule has 0 fully saturated rings. The van der Waals surface area contributed by atoms with Crippen LogP contribution >= 0.6 is 35.3 Å². The average molecular weight is 560 g/mol. The van der Waals surface area contributed by atoms with Gasteiger partial charge in [-0.05, 0) is 68.1 Å². The Kier molecular flexibility index (Phi) is 12.5. The summed E-state index contributed by atoms with van der Waals surface area (Å²) in [7, 11) is 0. The SMILES string of the molecule is CCNC(=NCc1ccsc1)NCCCN(Cc1cccnc1)C(=O)OC(C)(C)C.I. The first-order valence-corrected chi connectivity index (χ1v) is 11.2. The molecule has 172 valence electrons. The Hall–Kier alpha value is -1.88. The fraction of sp³-hybridized carbons (Fsp3) is 0.500. The highest BCUT2D eigenvalue weighted by atomic mass is 127. The van der Waals surface area contributed by atoms with E-state index in [0.29, 0.717) is 26.2 Å². The number of pyridine rings is 1. The summed E-state index contributed by atoms with van der Waals surface area (Å²) >= 11 is 1.67. The zero-order chi connectivity index (χ0) is 21.8. The molecule has 2 aromatic heterocycles. The molecule has 2 aromatic rings. The summed E-state index contributed by atoms with van der Waals surface area (Å²) in [5.74, 6) is 0.778. The van der Waals surface area contributed by atoms with Crippen molar-refractivity contribution in [2.45, 2.75) is 52.8 Å². The Bertz CT molecular complexity index is 779. The summed E-state index contributed by atoms with van der Waals surface area (Å²) in [5, 5.41) is 10.8. The maximum absolute atomic E-state index is 12.7. The number of aliphatic imine (C=N–C) groups is 1. The number of ether oxygens (including phenoxy) is 1. The van der Waals surface area contributed by atoms with Crippen molar-refractivity contribution >= 4 is 47.4 Å². The third-order valence-electron chi connectivity index (χ3n) is 3.99. The molecule has 0 unspecified atom stereocenters. The quantitative estimate of drug-likeness (QED) is 0.203. The van der Waals surface area contributed by atoms with Gasteiger partial charge in [-0.1, -0.05) is 6.07 Å². The van der Waals surface area contributed by atoms with Crippen LogP contribution in [0.5, 0.6) is 0 Å². The number of rotatable bonds is 9. The van der Waals surface area contributed by atoms with E-state index in [-0.39, 0.29) is 30.1 Å². The Morgan fingerprint density at radius 3 is 2.68 bits per heavy atom.